The van der Waals surface area contributed by atoms with E-state index in [1.165, 1.54) is 0 Å². The summed E-state index contributed by atoms with van der Waals surface area (Å²) in [6, 6.07) is 9.35. The molecule has 0 fully saturated rings. The van der Waals surface area contributed by atoms with Crippen LogP contribution in [-0.4, -0.2) is 39.1 Å². The highest BCUT2D eigenvalue weighted by Gasteiger charge is 2.08. The molecule has 1 N–H and O–H groups in total. The van der Waals surface area contributed by atoms with Crippen molar-refractivity contribution in [1.29, 1.82) is 0 Å². The molecule has 2 aromatic rings. The molecule has 5 heteroatoms. The van der Waals surface area contributed by atoms with Crippen molar-refractivity contribution in [2.45, 2.75) is 13.8 Å². The summed E-state index contributed by atoms with van der Waals surface area (Å²) >= 11 is 0. The van der Waals surface area contributed by atoms with Crippen LogP contribution in [0.1, 0.15) is 32.6 Å². The van der Waals surface area contributed by atoms with E-state index in [4.69, 9.17) is 9.47 Å². The zero-order valence-corrected chi connectivity index (χ0v) is 15.9. The molecular weight excluding hydrogens is 330 g/mol. The quantitative estimate of drug-likeness (QED) is 0.595. The Balaban J connectivity index is 2.33. The third kappa shape index (κ3) is 4.86. The number of hydrogen-bond acceptors (Lipinski definition) is 4. The number of nitrogens with zero attached hydrogens (tertiary/aromatic N) is 1. The van der Waals surface area contributed by atoms with Crippen LogP contribution in [-0.2, 0) is 4.74 Å². The van der Waals surface area contributed by atoms with Crippen molar-refractivity contribution >= 4 is 23.8 Å². The number of carboxylic acids is 1. The summed E-state index contributed by atoms with van der Waals surface area (Å²) in [6.07, 6.45) is 3.89. The molecule has 0 amide bonds. The van der Waals surface area contributed by atoms with Gasteiger partial charge in [0.05, 0.1) is 5.56 Å². The van der Waals surface area contributed by atoms with E-state index in [1.807, 2.05) is 63.2 Å². The average Bonchev–Trinajstić information content (AvgIpc) is 2.59. The molecule has 0 atom stereocenters. The molecule has 2 rings (SSSR count). The van der Waals surface area contributed by atoms with Gasteiger partial charge in [0.25, 0.3) is 0 Å². The number of rotatable bonds is 7. The molecule has 0 bridgehead atoms. The first-order valence-corrected chi connectivity index (χ1v) is 8.28. The number of methoxy groups -OCH3 is 1. The lowest BCUT2D eigenvalue weighted by Gasteiger charge is -2.14. The summed E-state index contributed by atoms with van der Waals surface area (Å²) in [5.74, 6) is -0.110. The van der Waals surface area contributed by atoms with Gasteiger partial charge in [-0.1, -0.05) is 12.2 Å². The number of carboxylic acid groups (broad SMARTS) is 1. The number of anilines is 1. The Morgan fingerprint density at radius 1 is 1.04 bits per heavy atom. The van der Waals surface area contributed by atoms with Crippen LogP contribution in [0.5, 0.6) is 5.75 Å². The van der Waals surface area contributed by atoms with Crippen molar-refractivity contribution in [2.24, 2.45) is 0 Å². The first kappa shape index (κ1) is 19.5. The van der Waals surface area contributed by atoms with E-state index in [2.05, 4.69) is 0 Å². The van der Waals surface area contributed by atoms with E-state index in [-0.39, 0.29) is 12.4 Å². The van der Waals surface area contributed by atoms with Gasteiger partial charge in [-0.2, -0.15) is 0 Å². The first-order chi connectivity index (χ1) is 12.3. The highest BCUT2D eigenvalue weighted by Crippen LogP contribution is 2.26. The zero-order valence-electron chi connectivity index (χ0n) is 15.9. The fourth-order valence-electron chi connectivity index (χ4n) is 2.73. The van der Waals surface area contributed by atoms with E-state index < -0.39 is 5.97 Å². The molecule has 26 heavy (non-hydrogen) atoms. The average molecular weight is 355 g/mol. The number of ether oxygens (including phenoxy) is 2. The SMILES string of the molecule is COCOc1c(C)cc(C=Cc2cc(C(=O)O)cc(N(C)C)c2)cc1C. The largest absolute Gasteiger partial charge is 0.478 e. The van der Waals surface area contributed by atoms with Crippen molar-refractivity contribution in [3.8, 4) is 5.75 Å². The maximum Gasteiger partial charge on any atom is 0.335 e. The highest BCUT2D eigenvalue weighted by molar-refractivity contribution is 5.90. The van der Waals surface area contributed by atoms with Crippen molar-refractivity contribution in [1.82, 2.24) is 0 Å². The summed E-state index contributed by atoms with van der Waals surface area (Å²) in [6.45, 7) is 4.20. The van der Waals surface area contributed by atoms with Crippen LogP contribution >= 0.6 is 0 Å². The van der Waals surface area contributed by atoms with E-state index in [1.54, 1.807) is 19.2 Å². The molecule has 138 valence electrons. The molecule has 0 radical (unpaired) electrons. The lowest BCUT2D eigenvalue weighted by atomic mass is 10.0. The minimum absolute atomic E-state index is 0.214. The standard InChI is InChI=1S/C21H25NO4/c1-14-8-16(9-15(2)20(14)26-13-25-5)6-7-17-10-18(21(23)24)12-19(11-17)22(3)4/h6-12H,13H2,1-5H3,(H,23,24). The maximum absolute atomic E-state index is 11.3. The van der Waals surface area contributed by atoms with E-state index in [0.717, 1.165) is 33.7 Å². The van der Waals surface area contributed by atoms with Crippen molar-refractivity contribution in [2.75, 3.05) is 32.9 Å². The third-order valence-corrected chi connectivity index (χ3v) is 3.98. The summed E-state index contributed by atoms with van der Waals surface area (Å²) in [7, 11) is 5.37. The molecule has 0 aromatic heterocycles. The monoisotopic (exact) mass is 355 g/mol. The van der Waals surface area contributed by atoms with Gasteiger partial charge in [-0.3, -0.25) is 0 Å². The molecule has 0 unspecified atom stereocenters. The van der Waals surface area contributed by atoms with Gasteiger partial charge >= 0.3 is 5.97 Å². The molecular formula is C21H25NO4. The second-order valence-electron chi connectivity index (χ2n) is 6.38. The zero-order chi connectivity index (χ0) is 19.3. The maximum atomic E-state index is 11.3. The molecule has 0 aliphatic heterocycles. The Morgan fingerprint density at radius 3 is 2.12 bits per heavy atom. The Hall–Kier alpha value is -2.79. The van der Waals surface area contributed by atoms with Gasteiger partial charge in [0.15, 0.2) is 6.79 Å². The molecule has 0 saturated carbocycles. The van der Waals surface area contributed by atoms with Gasteiger partial charge in [-0.15, -0.1) is 0 Å². The lowest BCUT2D eigenvalue weighted by molar-refractivity contribution is 0.0501. The number of aryl methyl sites for hydroxylation is 2. The van der Waals surface area contributed by atoms with Gasteiger partial charge in [0.2, 0.25) is 0 Å². The molecule has 0 heterocycles. The summed E-state index contributed by atoms with van der Waals surface area (Å²) < 4.78 is 10.6. The van der Waals surface area contributed by atoms with Crippen molar-refractivity contribution in [3.63, 3.8) is 0 Å². The number of aromatic carboxylic acids is 1. The predicted octanol–water partition coefficient (Wildman–Crippen LogP) is 4.22. The van der Waals surface area contributed by atoms with Crippen LogP contribution in [0.4, 0.5) is 5.69 Å². The Bertz CT molecular complexity index is 802. The van der Waals surface area contributed by atoms with Crippen molar-refractivity contribution < 1.29 is 19.4 Å². The predicted molar refractivity (Wildman–Crippen MR) is 105 cm³/mol. The number of hydrogen-bond donors (Lipinski definition) is 1. The molecule has 0 spiro atoms. The third-order valence-electron chi connectivity index (χ3n) is 3.98. The first-order valence-electron chi connectivity index (χ1n) is 8.28. The van der Waals surface area contributed by atoms with E-state index >= 15 is 0 Å². The minimum atomic E-state index is -0.935. The van der Waals surface area contributed by atoms with Gasteiger partial charge in [0.1, 0.15) is 5.75 Å². The lowest BCUT2D eigenvalue weighted by Crippen LogP contribution is -2.10. The van der Waals surface area contributed by atoms with Gasteiger partial charge in [0, 0.05) is 26.9 Å². The molecule has 2 aromatic carbocycles. The Labute approximate surface area is 154 Å². The minimum Gasteiger partial charge on any atom is -0.478 e. The fourth-order valence-corrected chi connectivity index (χ4v) is 2.73. The molecule has 0 saturated heterocycles. The van der Waals surface area contributed by atoms with Crippen LogP contribution < -0.4 is 9.64 Å². The Morgan fingerprint density at radius 2 is 1.62 bits per heavy atom. The summed E-state index contributed by atoms with van der Waals surface area (Å²) in [4.78, 5) is 13.2. The van der Waals surface area contributed by atoms with Crippen LogP contribution in [0.15, 0.2) is 30.3 Å². The van der Waals surface area contributed by atoms with Gasteiger partial charge < -0.3 is 19.5 Å². The van der Waals surface area contributed by atoms with E-state index in [9.17, 15) is 9.90 Å². The number of carbonyl (C=O) groups is 1. The number of benzene rings is 2. The fraction of sp³-hybridized carbons (Fsp3) is 0.286. The smallest absolute Gasteiger partial charge is 0.335 e. The van der Waals surface area contributed by atoms with E-state index in [0.29, 0.717) is 0 Å². The summed E-state index contributed by atoms with van der Waals surface area (Å²) in [5.41, 5.74) is 5.03. The summed E-state index contributed by atoms with van der Waals surface area (Å²) in [5, 5.41) is 9.31. The van der Waals surface area contributed by atoms with Crippen molar-refractivity contribution in [3.05, 3.63) is 58.1 Å². The Kier molecular flexibility index (Phi) is 6.41. The second-order valence-corrected chi connectivity index (χ2v) is 6.38. The second kappa shape index (κ2) is 8.54. The van der Waals surface area contributed by atoms with Gasteiger partial charge in [-0.05, 0) is 66.4 Å². The highest BCUT2D eigenvalue weighted by atomic mass is 16.7. The molecule has 5 nitrogen and oxygen atoms in total. The molecule has 0 aliphatic rings. The molecule has 0 aliphatic carbocycles. The van der Waals surface area contributed by atoms with Crippen LogP contribution in [0, 0.1) is 13.8 Å². The topological polar surface area (TPSA) is 59.0 Å². The van der Waals surface area contributed by atoms with Crippen LogP contribution in [0.3, 0.4) is 0 Å². The normalized spacial score (nSPS) is 11.0. The van der Waals surface area contributed by atoms with Crippen LogP contribution in [0.2, 0.25) is 0 Å². The van der Waals surface area contributed by atoms with Crippen LogP contribution in [0.25, 0.3) is 12.2 Å². The van der Waals surface area contributed by atoms with Gasteiger partial charge in [-0.25, -0.2) is 4.79 Å².